The van der Waals surface area contributed by atoms with Gasteiger partial charge in [-0.2, -0.15) is 0 Å². The summed E-state index contributed by atoms with van der Waals surface area (Å²) in [6, 6.07) is 0. The number of nitrogens with one attached hydrogen (secondary N) is 1. The number of hydrogen-bond donors (Lipinski definition) is 1. The molecule has 0 aliphatic carbocycles. The quantitative estimate of drug-likeness (QED) is 0.440. The van der Waals surface area contributed by atoms with Crippen LogP contribution in [-0.4, -0.2) is 13.1 Å². The molecule has 1 nitrogen and oxygen atoms in total. The first kappa shape index (κ1) is 4.98. The van der Waals surface area contributed by atoms with Crippen molar-refractivity contribution in [3.05, 3.63) is 12.8 Å². The highest BCUT2D eigenvalue weighted by molar-refractivity contribution is 4.97. The SMILES string of the molecule is [CH2-][C+]1CCCNC1. The van der Waals surface area contributed by atoms with Gasteiger partial charge in [0.25, 0.3) is 0 Å². The predicted octanol–water partition coefficient (Wildman–Crippen LogP) is 0.778. The van der Waals surface area contributed by atoms with E-state index in [1.807, 2.05) is 0 Å². The van der Waals surface area contributed by atoms with E-state index >= 15 is 0 Å². The molecule has 0 aromatic heterocycles. The van der Waals surface area contributed by atoms with Gasteiger partial charge in [-0.15, -0.1) is 6.92 Å². The summed E-state index contributed by atoms with van der Waals surface area (Å²) in [6.07, 6.45) is 2.51. The van der Waals surface area contributed by atoms with Crippen LogP contribution in [0.15, 0.2) is 0 Å². The molecule has 1 heterocycles. The second-order valence-electron chi connectivity index (χ2n) is 2.03. The summed E-state index contributed by atoms with van der Waals surface area (Å²) in [5.41, 5.74) is 0. The Hall–Kier alpha value is -0.170. The highest BCUT2D eigenvalue weighted by atomic mass is 14.9. The maximum absolute atomic E-state index is 3.85. The average molecular weight is 97.2 g/mol. The lowest BCUT2D eigenvalue weighted by molar-refractivity contribution is 0.569. The number of piperidine rings is 1. The standard InChI is InChI=1S/C6H11N/c1-6-3-2-4-7-5-6/h7H,1-5H2. The fourth-order valence-electron chi connectivity index (χ4n) is 0.817. The molecule has 0 aromatic rings. The van der Waals surface area contributed by atoms with E-state index < -0.39 is 0 Å². The van der Waals surface area contributed by atoms with Gasteiger partial charge in [-0.3, -0.25) is 5.32 Å². The lowest BCUT2D eigenvalue weighted by Gasteiger charge is -2.13. The van der Waals surface area contributed by atoms with Crippen LogP contribution in [0, 0.1) is 12.8 Å². The van der Waals surface area contributed by atoms with Crippen molar-refractivity contribution in [3.63, 3.8) is 0 Å². The molecule has 0 radical (unpaired) electrons. The molecule has 0 aromatic carbocycles. The van der Waals surface area contributed by atoms with Crippen molar-refractivity contribution >= 4 is 0 Å². The Morgan fingerprint density at radius 3 is 2.71 bits per heavy atom. The minimum Gasteiger partial charge on any atom is -0.281 e. The summed E-state index contributed by atoms with van der Waals surface area (Å²) in [4.78, 5) is 0. The van der Waals surface area contributed by atoms with Gasteiger partial charge in [0.15, 0.2) is 0 Å². The summed E-state index contributed by atoms with van der Waals surface area (Å²) in [5.74, 6) is 1.35. The van der Waals surface area contributed by atoms with Gasteiger partial charge in [-0.05, 0) is 12.3 Å². The summed E-state index contributed by atoms with van der Waals surface area (Å²) in [5, 5.41) is 3.23. The van der Waals surface area contributed by atoms with Gasteiger partial charge in [-0.25, -0.2) is 0 Å². The van der Waals surface area contributed by atoms with Crippen molar-refractivity contribution < 1.29 is 0 Å². The van der Waals surface area contributed by atoms with Gasteiger partial charge in [0.2, 0.25) is 0 Å². The van der Waals surface area contributed by atoms with Crippen LogP contribution in [0.4, 0.5) is 0 Å². The van der Waals surface area contributed by atoms with Gasteiger partial charge >= 0.3 is 0 Å². The van der Waals surface area contributed by atoms with Gasteiger partial charge in [0.05, 0.1) is 6.42 Å². The van der Waals surface area contributed by atoms with Gasteiger partial charge in [0.1, 0.15) is 6.54 Å². The van der Waals surface area contributed by atoms with Crippen LogP contribution in [0.3, 0.4) is 0 Å². The predicted molar refractivity (Wildman–Crippen MR) is 30.7 cm³/mol. The van der Waals surface area contributed by atoms with E-state index in [2.05, 4.69) is 12.2 Å². The van der Waals surface area contributed by atoms with E-state index in [4.69, 9.17) is 0 Å². The van der Waals surface area contributed by atoms with Crippen molar-refractivity contribution in [1.29, 1.82) is 0 Å². The van der Waals surface area contributed by atoms with Crippen molar-refractivity contribution in [2.75, 3.05) is 13.1 Å². The van der Waals surface area contributed by atoms with Crippen molar-refractivity contribution in [2.45, 2.75) is 12.8 Å². The van der Waals surface area contributed by atoms with Crippen LogP contribution in [0.5, 0.6) is 0 Å². The number of rotatable bonds is 0. The third kappa shape index (κ3) is 1.39. The van der Waals surface area contributed by atoms with Gasteiger partial charge < -0.3 is 0 Å². The topological polar surface area (TPSA) is 12.0 Å². The first-order valence-corrected chi connectivity index (χ1v) is 2.77. The van der Waals surface area contributed by atoms with Crippen LogP contribution >= 0.6 is 0 Å². The Labute approximate surface area is 45.1 Å². The lowest BCUT2D eigenvalue weighted by atomic mass is 10.0. The van der Waals surface area contributed by atoms with E-state index in [0.717, 1.165) is 6.54 Å². The molecule has 0 saturated carbocycles. The highest BCUT2D eigenvalue weighted by Gasteiger charge is 2.08. The van der Waals surface area contributed by atoms with Crippen LogP contribution < -0.4 is 5.32 Å². The molecule has 0 bridgehead atoms. The van der Waals surface area contributed by atoms with E-state index in [9.17, 15) is 0 Å². The van der Waals surface area contributed by atoms with Crippen LogP contribution in [0.2, 0.25) is 0 Å². The zero-order valence-electron chi connectivity index (χ0n) is 4.54. The van der Waals surface area contributed by atoms with E-state index in [1.54, 1.807) is 0 Å². The summed E-state index contributed by atoms with van der Waals surface area (Å²) in [6.45, 7) is 6.07. The summed E-state index contributed by atoms with van der Waals surface area (Å²) in [7, 11) is 0. The first-order chi connectivity index (χ1) is 3.39. The fourth-order valence-corrected chi connectivity index (χ4v) is 0.817. The molecule has 0 amide bonds. The molecule has 1 fully saturated rings. The second-order valence-corrected chi connectivity index (χ2v) is 2.03. The smallest absolute Gasteiger partial charge is 0.110 e. The van der Waals surface area contributed by atoms with Crippen LogP contribution in [0.1, 0.15) is 12.8 Å². The Morgan fingerprint density at radius 1 is 1.57 bits per heavy atom. The molecular formula is C6H11N. The molecule has 40 valence electrons. The van der Waals surface area contributed by atoms with Crippen molar-refractivity contribution in [3.8, 4) is 0 Å². The Morgan fingerprint density at radius 2 is 2.43 bits per heavy atom. The van der Waals surface area contributed by atoms with Crippen molar-refractivity contribution in [1.82, 2.24) is 5.32 Å². The van der Waals surface area contributed by atoms with Crippen LogP contribution in [-0.2, 0) is 0 Å². The van der Waals surface area contributed by atoms with Gasteiger partial charge in [-0.1, -0.05) is 0 Å². The van der Waals surface area contributed by atoms with Crippen molar-refractivity contribution in [2.24, 2.45) is 0 Å². The summed E-state index contributed by atoms with van der Waals surface area (Å²) < 4.78 is 0. The second kappa shape index (κ2) is 2.22. The summed E-state index contributed by atoms with van der Waals surface area (Å²) >= 11 is 0. The first-order valence-electron chi connectivity index (χ1n) is 2.77. The molecule has 1 saturated heterocycles. The zero-order valence-corrected chi connectivity index (χ0v) is 4.54. The molecule has 1 N–H and O–H groups in total. The molecule has 1 rings (SSSR count). The maximum Gasteiger partial charge on any atom is 0.110 e. The number of hydrogen-bond acceptors (Lipinski definition) is 1. The molecular weight excluding hydrogens is 86.1 g/mol. The average Bonchev–Trinajstić information content (AvgIpc) is 1.69. The highest BCUT2D eigenvalue weighted by Crippen LogP contribution is 2.08. The monoisotopic (exact) mass is 97.1 g/mol. The Balaban J connectivity index is 2.12. The molecule has 1 aliphatic rings. The third-order valence-corrected chi connectivity index (χ3v) is 1.26. The van der Waals surface area contributed by atoms with E-state index in [-0.39, 0.29) is 0 Å². The molecule has 0 unspecified atom stereocenters. The lowest BCUT2D eigenvalue weighted by Crippen LogP contribution is -2.26. The molecule has 0 atom stereocenters. The molecule has 1 heteroatoms. The normalized spacial score (nSPS) is 22.7. The van der Waals surface area contributed by atoms with E-state index in [1.165, 1.54) is 25.3 Å². The van der Waals surface area contributed by atoms with E-state index in [0.29, 0.717) is 0 Å². The maximum atomic E-state index is 3.85. The minimum atomic E-state index is 1.04. The molecule has 1 aliphatic heterocycles. The molecule has 0 spiro atoms. The minimum absolute atomic E-state index is 1.04. The third-order valence-electron chi connectivity index (χ3n) is 1.26. The van der Waals surface area contributed by atoms with Crippen LogP contribution in [0.25, 0.3) is 0 Å². The Bertz CT molecular complexity index is 46.1. The van der Waals surface area contributed by atoms with Gasteiger partial charge in [0, 0.05) is 6.54 Å². The molecule has 7 heavy (non-hydrogen) atoms. The Kier molecular flexibility index (Phi) is 1.58. The largest absolute Gasteiger partial charge is 0.281 e. The zero-order chi connectivity index (χ0) is 5.11. The fraction of sp³-hybridized carbons (Fsp3) is 0.667.